The van der Waals surface area contributed by atoms with Crippen molar-refractivity contribution >= 4 is 0 Å². The summed E-state index contributed by atoms with van der Waals surface area (Å²) in [7, 11) is 0. The molecular weight excluding hydrogens is 194 g/mol. The number of rotatable bonds is 6. The zero-order valence-corrected chi connectivity index (χ0v) is 9.95. The third-order valence-corrected chi connectivity index (χ3v) is 2.43. The van der Waals surface area contributed by atoms with Crippen molar-refractivity contribution in [3.8, 4) is 0 Å². The minimum Gasteiger partial charge on any atom is -0.261 e. The molecule has 0 aliphatic carbocycles. The van der Waals surface area contributed by atoms with Crippen molar-refractivity contribution in [2.24, 2.45) is 0 Å². The largest absolute Gasteiger partial charge is 0.261 e. The van der Waals surface area contributed by atoms with Crippen molar-refractivity contribution in [1.82, 2.24) is 4.98 Å². The summed E-state index contributed by atoms with van der Waals surface area (Å²) in [4.78, 5) is 4.30. The summed E-state index contributed by atoms with van der Waals surface area (Å²) in [6.07, 6.45) is 8.86. The molecule has 0 aliphatic rings. The second kappa shape index (κ2) is 6.78. The van der Waals surface area contributed by atoms with Gasteiger partial charge < -0.3 is 0 Å². The van der Waals surface area contributed by atoms with Crippen LogP contribution in [0.15, 0.2) is 60.9 Å². The van der Waals surface area contributed by atoms with Gasteiger partial charge in [-0.3, -0.25) is 4.98 Å². The highest BCUT2D eigenvalue weighted by atomic mass is 14.7. The van der Waals surface area contributed by atoms with E-state index in [-0.39, 0.29) is 0 Å². The molecule has 1 heterocycles. The average Bonchev–Trinajstić information content (AvgIpc) is 2.30. The summed E-state index contributed by atoms with van der Waals surface area (Å²) in [5, 5.41) is 0. The zero-order chi connectivity index (χ0) is 11.8. The van der Waals surface area contributed by atoms with Crippen molar-refractivity contribution < 1.29 is 0 Å². The van der Waals surface area contributed by atoms with E-state index >= 15 is 0 Å². The molecule has 0 bridgehead atoms. The number of hydrogen-bond acceptors (Lipinski definition) is 1. The van der Waals surface area contributed by atoms with Gasteiger partial charge in [0.05, 0.1) is 0 Å². The first-order chi connectivity index (χ1) is 7.72. The number of hydrogen-bond donors (Lipinski definition) is 0. The summed E-state index contributed by atoms with van der Waals surface area (Å²) in [5.74, 6) is 0. The van der Waals surface area contributed by atoms with Crippen LogP contribution in [0.2, 0.25) is 0 Å². The van der Waals surface area contributed by atoms with Gasteiger partial charge in [0.25, 0.3) is 0 Å². The molecule has 16 heavy (non-hydrogen) atoms. The predicted molar refractivity (Wildman–Crippen MR) is 70.3 cm³/mol. The van der Waals surface area contributed by atoms with Crippen molar-refractivity contribution in [1.29, 1.82) is 0 Å². The zero-order valence-electron chi connectivity index (χ0n) is 9.95. The Morgan fingerprint density at radius 3 is 2.88 bits per heavy atom. The van der Waals surface area contributed by atoms with Gasteiger partial charge in [0.2, 0.25) is 0 Å². The van der Waals surface area contributed by atoms with E-state index in [1.807, 2.05) is 24.4 Å². The fourth-order valence-corrected chi connectivity index (χ4v) is 1.47. The number of nitrogens with zero attached hydrogens (tertiary/aromatic N) is 1. The Bertz CT molecular complexity index is 374. The molecule has 0 aliphatic heterocycles. The van der Waals surface area contributed by atoms with Crippen LogP contribution in [0.1, 0.15) is 25.5 Å². The molecule has 1 heteroatoms. The monoisotopic (exact) mass is 213 g/mol. The molecule has 0 atom stereocenters. The van der Waals surface area contributed by atoms with E-state index in [4.69, 9.17) is 0 Å². The van der Waals surface area contributed by atoms with Crippen LogP contribution in [0.25, 0.3) is 0 Å². The summed E-state index contributed by atoms with van der Waals surface area (Å²) >= 11 is 0. The molecule has 1 aromatic heterocycles. The van der Waals surface area contributed by atoms with Gasteiger partial charge >= 0.3 is 0 Å². The van der Waals surface area contributed by atoms with Crippen LogP contribution in [0.3, 0.4) is 0 Å². The molecule has 1 aromatic rings. The van der Waals surface area contributed by atoms with Gasteiger partial charge in [-0.05, 0) is 31.9 Å². The molecule has 1 nitrogen and oxygen atoms in total. The second-order valence-corrected chi connectivity index (χ2v) is 3.95. The lowest BCUT2D eigenvalue weighted by Crippen LogP contribution is -1.90. The first kappa shape index (κ1) is 12.4. The van der Waals surface area contributed by atoms with E-state index in [9.17, 15) is 0 Å². The van der Waals surface area contributed by atoms with Crippen LogP contribution in [0.5, 0.6) is 0 Å². The van der Waals surface area contributed by atoms with Gasteiger partial charge in [-0.25, -0.2) is 0 Å². The SMILES string of the molecule is C=CC(=C)CCC=C(C)Cc1ccccn1. The van der Waals surface area contributed by atoms with Crippen LogP contribution in [0.4, 0.5) is 0 Å². The lowest BCUT2D eigenvalue weighted by molar-refractivity contribution is 0.969. The van der Waals surface area contributed by atoms with Crippen LogP contribution < -0.4 is 0 Å². The van der Waals surface area contributed by atoms with Crippen LogP contribution >= 0.6 is 0 Å². The first-order valence-corrected chi connectivity index (χ1v) is 5.58. The molecule has 84 valence electrons. The smallest absolute Gasteiger partial charge is 0.0443 e. The maximum absolute atomic E-state index is 4.30. The van der Waals surface area contributed by atoms with Crippen molar-refractivity contribution in [3.63, 3.8) is 0 Å². The molecule has 0 amide bonds. The molecule has 0 fully saturated rings. The van der Waals surface area contributed by atoms with E-state index in [2.05, 4.69) is 37.2 Å². The maximum atomic E-state index is 4.30. The van der Waals surface area contributed by atoms with Gasteiger partial charge in [-0.15, -0.1) is 0 Å². The highest BCUT2D eigenvalue weighted by Gasteiger charge is 1.95. The van der Waals surface area contributed by atoms with E-state index < -0.39 is 0 Å². The molecule has 0 aromatic carbocycles. The second-order valence-electron chi connectivity index (χ2n) is 3.95. The Morgan fingerprint density at radius 1 is 1.44 bits per heavy atom. The van der Waals surface area contributed by atoms with Crippen LogP contribution in [-0.2, 0) is 6.42 Å². The highest BCUT2D eigenvalue weighted by molar-refractivity contribution is 5.15. The Kier molecular flexibility index (Phi) is 5.27. The van der Waals surface area contributed by atoms with E-state index in [0.29, 0.717) is 0 Å². The highest BCUT2D eigenvalue weighted by Crippen LogP contribution is 2.09. The normalized spacial score (nSPS) is 11.2. The number of aromatic nitrogens is 1. The Labute approximate surface area is 98.2 Å². The van der Waals surface area contributed by atoms with Crippen molar-refractivity contribution in [3.05, 3.63) is 66.5 Å². The first-order valence-electron chi connectivity index (χ1n) is 5.58. The topological polar surface area (TPSA) is 12.9 Å². The molecule has 0 N–H and O–H groups in total. The summed E-state index contributed by atoms with van der Waals surface area (Å²) < 4.78 is 0. The third kappa shape index (κ3) is 4.74. The van der Waals surface area contributed by atoms with Crippen molar-refractivity contribution in [2.75, 3.05) is 0 Å². The third-order valence-electron chi connectivity index (χ3n) is 2.43. The molecule has 0 unspecified atom stereocenters. The molecule has 0 saturated heterocycles. The Hall–Kier alpha value is -1.63. The number of allylic oxidation sites excluding steroid dienone is 4. The standard InChI is InChI=1S/C15H19N/c1-4-13(2)8-7-9-14(3)12-15-10-5-6-11-16-15/h4-6,9-11H,1-2,7-8,12H2,3H3. The van der Waals surface area contributed by atoms with Crippen molar-refractivity contribution in [2.45, 2.75) is 26.2 Å². The molecule has 0 saturated carbocycles. The summed E-state index contributed by atoms with van der Waals surface area (Å²) in [6, 6.07) is 6.02. The molecule has 1 rings (SSSR count). The quantitative estimate of drug-likeness (QED) is 0.512. The summed E-state index contributed by atoms with van der Waals surface area (Å²) in [5.41, 5.74) is 3.58. The van der Waals surface area contributed by atoms with E-state index in [1.165, 1.54) is 5.57 Å². The van der Waals surface area contributed by atoms with Crippen LogP contribution in [0, 0.1) is 0 Å². The maximum Gasteiger partial charge on any atom is 0.0443 e. The molecule has 0 radical (unpaired) electrons. The Balaban J connectivity index is 2.40. The van der Waals surface area contributed by atoms with E-state index in [1.54, 1.807) is 0 Å². The fraction of sp³-hybridized carbons (Fsp3) is 0.267. The van der Waals surface area contributed by atoms with Gasteiger partial charge in [-0.1, -0.05) is 42.5 Å². The van der Waals surface area contributed by atoms with Gasteiger partial charge in [0, 0.05) is 18.3 Å². The van der Waals surface area contributed by atoms with Gasteiger partial charge in [0.1, 0.15) is 0 Å². The summed E-state index contributed by atoms with van der Waals surface area (Å²) in [6.45, 7) is 9.73. The minimum absolute atomic E-state index is 0.932. The molecular formula is C15H19N. The molecule has 0 spiro atoms. The predicted octanol–water partition coefficient (Wildman–Crippen LogP) is 4.09. The van der Waals surface area contributed by atoms with Crippen LogP contribution in [-0.4, -0.2) is 4.98 Å². The van der Waals surface area contributed by atoms with Gasteiger partial charge in [-0.2, -0.15) is 0 Å². The average molecular weight is 213 g/mol. The minimum atomic E-state index is 0.932. The Morgan fingerprint density at radius 2 is 2.25 bits per heavy atom. The fourth-order valence-electron chi connectivity index (χ4n) is 1.47. The lowest BCUT2D eigenvalue weighted by atomic mass is 10.1. The van der Waals surface area contributed by atoms with E-state index in [0.717, 1.165) is 30.5 Å². The lowest BCUT2D eigenvalue weighted by Gasteiger charge is -2.01. The number of pyridine rings is 1. The van der Waals surface area contributed by atoms with Gasteiger partial charge in [0.15, 0.2) is 0 Å².